The van der Waals surface area contributed by atoms with Crippen molar-refractivity contribution in [1.82, 2.24) is 5.32 Å². The summed E-state index contributed by atoms with van der Waals surface area (Å²) < 4.78 is 0.763. The lowest BCUT2D eigenvalue weighted by atomic mass is 9.84. The Hall–Kier alpha value is -0.940. The van der Waals surface area contributed by atoms with Gasteiger partial charge in [-0.1, -0.05) is 42.1 Å². The van der Waals surface area contributed by atoms with Crippen molar-refractivity contribution in [2.75, 3.05) is 0 Å². The minimum atomic E-state index is -0.345. The van der Waals surface area contributed by atoms with Gasteiger partial charge >= 0.3 is 0 Å². The zero-order valence-corrected chi connectivity index (χ0v) is 13.4. The SMILES string of the molecule is CCC1CCCC(NCc2cc(Br)cc([N+](=O)[O-])c2)C1. The summed E-state index contributed by atoms with van der Waals surface area (Å²) in [7, 11) is 0. The second-order valence-corrected chi connectivity index (χ2v) is 6.51. The molecule has 1 fully saturated rings. The standard InChI is InChI=1S/C15H21BrN2O2/c1-2-11-4-3-5-14(7-11)17-10-12-6-13(16)9-15(8-12)18(19)20/h6,8-9,11,14,17H,2-5,7,10H2,1H3. The van der Waals surface area contributed by atoms with E-state index >= 15 is 0 Å². The summed E-state index contributed by atoms with van der Waals surface area (Å²) in [6, 6.07) is 5.68. The second kappa shape index (κ2) is 7.18. The first kappa shape index (κ1) is 15.4. The molecule has 0 saturated heterocycles. The molecule has 0 spiro atoms. The molecule has 1 saturated carbocycles. The molecule has 2 unspecified atom stereocenters. The van der Waals surface area contributed by atoms with Crippen molar-refractivity contribution in [1.29, 1.82) is 0 Å². The molecule has 20 heavy (non-hydrogen) atoms. The van der Waals surface area contributed by atoms with Gasteiger partial charge in [0.05, 0.1) is 4.92 Å². The van der Waals surface area contributed by atoms with Crippen LogP contribution in [0.1, 0.15) is 44.6 Å². The highest BCUT2D eigenvalue weighted by molar-refractivity contribution is 9.10. The molecule has 0 heterocycles. The first-order chi connectivity index (χ1) is 9.58. The summed E-state index contributed by atoms with van der Waals surface area (Å²) in [5, 5.41) is 14.4. The van der Waals surface area contributed by atoms with Crippen molar-refractivity contribution in [2.45, 2.75) is 51.6 Å². The van der Waals surface area contributed by atoms with Crippen LogP contribution in [0.3, 0.4) is 0 Å². The second-order valence-electron chi connectivity index (χ2n) is 5.59. The third-order valence-corrected chi connectivity index (χ3v) is 4.57. The first-order valence-electron chi connectivity index (χ1n) is 7.25. The molecule has 2 atom stereocenters. The van der Waals surface area contributed by atoms with Crippen LogP contribution in [-0.2, 0) is 6.54 Å². The van der Waals surface area contributed by atoms with Gasteiger partial charge in [-0.3, -0.25) is 10.1 Å². The Bertz CT molecular complexity index is 479. The number of non-ortho nitro benzene ring substituents is 1. The zero-order chi connectivity index (χ0) is 14.5. The van der Waals surface area contributed by atoms with E-state index in [-0.39, 0.29) is 10.6 Å². The van der Waals surface area contributed by atoms with Gasteiger partial charge in [-0.25, -0.2) is 0 Å². The van der Waals surface area contributed by atoms with Crippen molar-refractivity contribution in [3.63, 3.8) is 0 Å². The average Bonchev–Trinajstić information content (AvgIpc) is 2.44. The van der Waals surface area contributed by atoms with Gasteiger partial charge in [-0.2, -0.15) is 0 Å². The summed E-state index contributed by atoms with van der Waals surface area (Å²) in [6.07, 6.45) is 6.32. The Morgan fingerprint density at radius 3 is 2.90 bits per heavy atom. The van der Waals surface area contributed by atoms with Crippen molar-refractivity contribution >= 4 is 21.6 Å². The van der Waals surface area contributed by atoms with Crippen molar-refractivity contribution < 1.29 is 4.92 Å². The van der Waals surface area contributed by atoms with Gasteiger partial charge in [0, 0.05) is 29.2 Å². The van der Waals surface area contributed by atoms with Gasteiger partial charge in [0.2, 0.25) is 0 Å². The smallest absolute Gasteiger partial charge is 0.270 e. The minimum Gasteiger partial charge on any atom is -0.310 e. The molecule has 0 bridgehead atoms. The van der Waals surface area contributed by atoms with Gasteiger partial charge in [0.1, 0.15) is 0 Å². The summed E-state index contributed by atoms with van der Waals surface area (Å²) in [4.78, 5) is 10.5. The molecule has 0 aromatic heterocycles. The maximum absolute atomic E-state index is 10.9. The number of nitro benzene ring substituents is 1. The van der Waals surface area contributed by atoms with E-state index in [1.807, 2.05) is 6.07 Å². The predicted molar refractivity (Wildman–Crippen MR) is 83.7 cm³/mol. The third-order valence-electron chi connectivity index (χ3n) is 4.11. The Kier molecular flexibility index (Phi) is 5.54. The highest BCUT2D eigenvalue weighted by Gasteiger charge is 2.20. The molecule has 1 aliphatic rings. The molecule has 1 N–H and O–H groups in total. The fraction of sp³-hybridized carbons (Fsp3) is 0.600. The van der Waals surface area contributed by atoms with Crippen LogP contribution in [-0.4, -0.2) is 11.0 Å². The normalized spacial score (nSPS) is 22.7. The predicted octanol–water partition coefficient (Wildman–Crippen LogP) is 4.42. The van der Waals surface area contributed by atoms with Crippen LogP contribution in [0, 0.1) is 16.0 Å². The minimum absolute atomic E-state index is 0.145. The van der Waals surface area contributed by atoms with Gasteiger partial charge in [-0.15, -0.1) is 0 Å². The van der Waals surface area contributed by atoms with Crippen molar-refractivity contribution in [3.8, 4) is 0 Å². The number of halogens is 1. The van der Waals surface area contributed by atoms with Crippen LogP contribution in [0.5, 0.6) is 0 Å². The molecule has 1 aromatic carbocycles. The maximum atomic E-state index is 10.9. The number of hydrogen-bond acceptors (Lipinski definition) is 3. The largest absolute Gasteiger partial charge is 0.310 e. The Morgan fingerprint density at radius 2 is 2.20 bits per heavy atom. The van der Waals surface area contributed by atoms with E-state index in [1.165, 1.54) is 38.2 Å². The van der Waals surface area contributed by atoms with Gasteiger partial charge in [0.15, 0.2) is 0 Å². The number of nitrogens with zero attached hydrogens (tertiary/aromatic N) is 1. The van der Waals surface area contributed by atoms with E-state index in [4.69, 9.17) is 0 Å². The number of hydrogen-bond donors (Lipinski definition) is 1. The molecule has 0 radical (unpaired) electrons. The monoisotopic (exact) mass is 340 g/mol. The zero-order valence-electron chi connectivity index (χ0n) is 11.8. The lowest BCUT2D eigenvalue weighted by molar-refractivity contribution is -0.385. The van der Waals surface area contributed by atoms with Crippen LogP contribution in [0.15, 0.2) is 22.7 Å². The van der Waals surface area contributed by atoms with Crippen LogP contribution in [0.25, 0.3) is 0 Å². The lowest BCUT2D eigenvalue weighted by Gasteiger charge is -2.29. The molecule has 1 aromatic rings. The average molecular weight is 341 g/mol. The van der Waals surface area contributed by atoms with Crippen molar-refractivity contribution in [2.24, 2.45) is 5.92 Å². The fourth-order valence-electron chi connectivity index (χ4n) is 2.95. The van der Waals surface area contributed by atoms with E-state index in [9.17, 15) is 10.1 Å². The highest BCUT2D eigenvalue weighted by atomic mass is 79.9. The third kappa shape index (κ3) is 4.28. The first-order valence-corrected chi connectivity index (χ1v) is 8.05. The molecule has 1 aliphatic carbocycles. The number of nitrogens with one attached hydrogen (secondary N) is 1. The Morgan fingerprint density at radius 1 is 1.40 bits per heavy atom. The van der Waals surface area contributed by atoms with E-state index in [0.29, 0.717) is 12.6 Å². The number of benzene rings is 1. The van der Waals surface area contributed by atoms with Gasteiger partial charge < -0.3 is 5.32 Å². The lowest BCUT2D eigenvalue weighted by Crippen LogP contribution is -2.33. The summed E-state index contributed by atoms with van der Waals surface area (Å²) >= 11 is 3.34. The quantitative estimate of drug-likeness (QED) is 0.637. The van der Waals surface area contributed by atoms with Crippen LogP contribution in [0.2, 0.25) is 0 Å². The molecular formula is C15H21BrN2O2. The molecule has 0 amide bonds. The molecule has 110 valence electrons. The van der Waals surface area contributed by atoms with Crippen LogP contribution in [0.4, 0.5) is 5.69 Å². The summed E-state index contributed by atoms with van der Waals surface area (Å²) in [6.45, 7) is 2.95. The molecular weight excluding hydrogens is 320 g/mol. The summed E-state index contributed by atoms with van der Waals surface area (Å²) in [5.41, 5.74) is 1.11. The molecule has 2 rings (SSSR count). The van der Waals surface area contributed by atoms with E-state index < -0.39 is 0 Å². The van der Waals surface area contributed by atoms with Crippen LogP contribution >= 0.6 is 15.9 Å². The summed E-state index contributed by atoms with van der Waals surface area (Å²) in [5.74, 6) is 0.832. The topological polar surface area (TPSA) is 55.2 Å². The molecule has 5 heteroatoms. The fourth-order valence-corrected chi connectivity index (χ4v) is 3.48. The van der Waals surface area contributed by atoms with Gasteiger partial charge in [-0.05, 0) is 30.4 Å². The maximum Gasteiger partial charge on any atom is 0.270 e. The Balaban J connectivity index is 1.95. The van der Waals surface area contributed by atoms with Crippen LogP contribution < -0.4 is 5.32 Å². The van der Waals surface area contributed by atoms with E-state index in [1.54, 1.807) is 6.07 Å². The Labute approximate surface area is 128 Å². The van der Waals surface area contributed by atoms with Crippen molar-refractivity contribution in [3.05, 3.63) is 38.3 Å². The van der Waals surface area contributed by atoms with E-state index in [2.05, 4.69) is 28.2 Å². The van der Waals surface area contributed by atoms with Gasteiger partial charge in [0.25, 0.3) is 5.69 Å². The molecule has 4 nitrogen and oxygen atoms in total. The number of rotatable bonds is 5. The van der Waals surface area contributed by atoms with E-state index in [0.717, 1.165) is 16.0 Å². The molecule has 0 aliphatic heterocycles. The number of nitro groups is 1. The highest BCUT2D eigenvalue weighted by Crippen LogP contribution is 2.27.